The molecule has 0 saturated heterocycles. The Labute approximate surface area is 206 Å². The van der Waals surface area contributed by atoms with E-state index in [1.165, 1.54) is 24.8 Å². The molecular formula is C29H34N2O2S. The van der Waals surface area contributed by atoms with Gasteiger partial charge in [0.2, 0.25) is 0 Å². The molecule has 1 fully saturated rings. The summed E-state index contributed by atoms with van der Waals surface area (Å²) >= 11 is 1.72. The van der Waals surface area contributed by atoms with Gasteiger partial charge in [-0.3, -0.25) is 9.36 Å². The van der Waals surface area contributed by atoms with Crippen molar-refractivity contribution in [2.75, 3.05) is 12.9 Å². The first-order chi connectivity index (χ1) is 16.6. The number of hydrogen-bond donors (Lipinski definition) is 0. The third-order valence-electron chi connectivity index (χ3n) is 7.51. The van der Waals surface area contributed by atoms with E-state index in [2.05, 4.69) is 43.3 Å². The van der Waals surface area contributed by atoms with E-state index in [4.69, 9.17) is 9.72 Å². The van der Waals surface area contributed by atoms with Crippen LogP contribution in [0.15, 0.2) is 58.5 Å². The lowest BCUT2D eigenvalue weighted by Gasteiger charge is -2.42. The van der Waals surface area contributed by atoms with E-state index < -0.39 is 0 Å². The van der Waals surface area contributed by atoms with Crippen molar-refractivity contribution in [3.05, 3.63) is 75.6 Å². The van der Waals surface area contributed by atoms with E-state index in [9.17, 15) is 4.79 Å². The SMILES string of the molecule is CCCCSc1nc2c(c(=O)n1Cc1ccc(OC)cc1)C1(CCCCC1)Cc1ccccc1-2. The van der Waals surface area contributed by atoms with Gasteiger partial charge in [-0.15, -0.1) is 0 Å². The van der Waals surface area contributed by atoms with E-state index >= 15 is 0 Å². The fourth-order valence-corrected chi connectivity index (χ4v) is 6.77. The number of rotatable bonds is 7. The molecule has 2 aliphatic rings. The minimum atomic E-state index is -0.0830. The number of aromatic nitrogens is 2. The first-order valence-corrected chi connectivity index (χ1v) is 13.6. The molecule has 3 aromatic rings. The highest BCUT2D eigenvalue weighted by Gasteiger charge is 2.43. The van der Waals surface area contributed by atoms with Crippen LogP contribution in [0.5, 0.6) is 5.75 Å². The molecule has 1 heterocycles. The zero-order valence-corrected chi connectivity index (χ0v) is 21.1. The molecule has 0 N–H and O–H groups in total. The van der Waals surface area contributed by atoms with Gasteiger partial charge in [-0.05, 0) is 48.9 Å². The van der Waals surface area contributed by atoms with Crippen molar-refractivity contribution in [1.29, 1.82) is 0 Å². The van der Waals surface area contributed by atoms with E-state index in [1.807, 2.05) is 16.7 Å². The molecule has 0 aliphatic heterocycles. The standard InChI is InChI=1S/C29H34N2O2S/c1-3-4-18-34-28-30-26-24-11-7-6-10-22(24)19-29(16-8-5-9-17-29)25(26)27(32)31(28)20-21-12-14-23(33-2)15-13-21/h6-7,10-15H,3-5,8-9,16-20H2,1-2H3. The van der Waals surface area contributed by atoms with Crippen molar-refractivity contribution in [3.63, 3.8) is 0 Å². The van der Waals surface area contributed by atoms with E-state index in [-0.39, 0.29) is 11.0 Å². The number of nitrogens with zero attached hydrogens (tertiary/aromatic N) is 2. The van der Waals surface area contributed by atoms with Crippen molar-refractivity contribution in [3.8, 4) is 17.0 Å². The number of methoxy groups -OCH3 is 1. The van der Waals surface area contributed by atoms with Crippen LogP contribution in [-0.4, -0.2) is 22.4 Å². The molecule has 0 bridgehead atoms. The maximum Gasteiger partial charge on any atom is 0.258 e. The van der Waals surface area contributed by atoms with E-state index in [1.54, 1.807) is 18.9 Å². The minimum absolute atomic E-state index is 0.0830. The molecule has 1 aromatic heterocycles. The zero-order valence-electron chi connectivity index (χ0n) is 20.3. The van der Waals surface area contributed by atoms with Crippen LogP contribution in [0.1, 0.15) is 68.6 Å². The Morgan fingerprint density at radius 1 is 1.06 bits per heavy atom. The number of hydrogen-bond acceptors (Lipinski definition) is 4. The van der Waals surface area contributed by atoms with Gasteiger partial charge in [0.15, 0.2) is 5.16 Å². The molecule has 0 atom stereocenters. The molecule has 5 heteroatoms. The number of unbranched alkanes of at least 4 members (excludes halogenated alkanes) is 1. The van der Waals surface area contributed by atoms with Crippen LogP contribution >= 0.6 is 11.8 Å². The van der Waals surface area contributed by atoms with Crippen LogP contribution in [0, 0.1) is 0 Å². The van der Waals surface area contributed by atoms with Gasteiger partial charge in [-0.1, -0.05) is 80.8 Å². The van der Waals surface area contributed by atoms with E-state index in [0.717, 1.165) is 71.1 Å². The van der Waals surface area contributed by atoms with Crippen LogP contribution in [-0.2, 0) is 18.4 Å². The molecule has 0 unspecified atom stereocenters. The quantitative estimate of drug-likeness (QED) is 0.219. The summed E-state index contributed by atoms with van der Waals surface area (Å²) in [6.45, 7) is 2.74. The molecule has 0 amide bonds. The van der Waals surface area contributed by atoms with Crippen LogP contribution < -0.4 is 10.3 Å². The normalized spacial score (nSPS) is 16.2. The fourth-order valence-electron chi connectivity index (χ4n) is 5.69. The second-order valence-electron chi connectivity index (χ2n) is 9.73. The summed E-state index contributed by atoms with van der Waals surface area (Å²) in [6, 6.07) is 16.6. The molecule has 2 aliphatic carbocycles. The van der Waals surface area contributed by atoms with Gasteiger partial charge in [0.05, 0.1) is 24.9 Å². The third kappa shape index (κ3) is 4.31. The van der Waals surface area contributed by atoms with Gasteiger partial charge in [0, 0.05) is 16.7 Å². The number of ether oxygens (including phenoxy) is 1. The largest absolute Gasteiger partial charge is 0.497 e. The van der Waals surface area contributed by atoms with Gasteiger partial charge in [0.25, 0.3) is 5.56 Å². The summed E-state index contributed by atoms with van der Waals surface area (Å²) in [7, 11) is 1.68. The number of benzene rings is 2. The lowest BCUT2D eigenvalue weighted by molar-refractivity contribution is 0.282. The molecule has 34 heavy (non-hydrogen) atoms. The van der Waals surface area contributed by atoms with Gasteiger partial charge >= 0.3 is 0 Å². The van der Waals surface area contributed by atoms with Crippen LogP contribution in [0.4, 0.5) is 0 Å². The molecule has 178 valence electrons. The molecule has 0 radical (unpaired) electrons. The Balaban J connectivity index is 1.68. The van der Waals surface area contributed by atoms with Gasteiger partial charge in [0.1, 0.15) is 5.75 Å². The third-order valence-corrected chi connectivity index (χ3v) is 8.57. The molecule has 5 rings (SSSR count). The fraction of sp³-hybridized carbons (Fsp3) is 0.448. The Kier molecular flexibility index (Phi) is 6.82. The summed E-state index contributed by atoms with van der Waals surface area (Å²) < 4.78 is 7.28. The lowest BCUT2D eigenvalue weighted by Crippen LogP contribution is -2.43. The second kappa shape index (κ2) is 9.99. The minimum Gasteiger partial charge on any atom is -0.497 e. The summed E-state index contributed by atoms with van der Waals surface area (Å²) in [5.41, 5.74) is 5.59. The van der Waals surface area contributed by atoms with Crippen LogP contribution in [0.2, 0.25) is 0 Å². The van der Waals surface area contributed by atoms with Crippen molar-refractivity contribution < 1.29 is 4.74 Å². The topological polar surface area (TPSA) is 44.1 Å². The van der Waals surface area contributed by atoms with Gasteiger partial charge in [-0.2, -0.15) is 0 Å². The predicted molar refractivity (Wildman–Crippen MR) is 140 cm³/mol. The maximum absolute atomic E-state index is 14.4. The van der Waals surface area contributed by atoms with E-state index in [0.29, 0.717) is 6.54 Å². The highest BCUT2D eigenvalue weighted by atomic mass is 32.2. The summed E-state index contributed by atoms with van der Waals surface area (Å²) in [6.07, 6.45) is 8.99. The Morgan fingerprint density at radius 2 is 1.82 bits per heavy atom. The molecule has 2 aromatic carbocycles. The number of fused-ring (bicyclic) bond motifs is 4. The second-order valence-corrected chi connectivity index (χ2v) is 10.8. The average molecular weight is 475 g/mol. The van der Waals surface area contributed by atoms with Gasteiger partial charge in [-0.25, -0.2) is 4.98 Å². The first kappa shape index (κ1) is 23.2. The average Bonchev–Trinajstić information content (AvgIpc) is 2.87. The van der Waals surface area contributed by atoms with Gasteiger partial charge < -0.3 is 4.74 Å². The highest BCUT2D eigenvalue weighted by Crippen LogP contribution is 2.48. The maximum atomic E-state index is 14.4. The Morgan fingerprint density at radius 3 is 2.56 bits per heavy atom. The molecule has 1 saturated carbocycles. The summed E-state index contributed by atoms with van der Waals surface area (Å²) in [5, 5.41) is 0.843. The van der Waals surface area contributed by atoms with Crippen LogP contribution in [0.25, 0.3) is 11.3 Å². The lowest BCUT2D eigenvalue weighted by atomic mass is 9.62. The molecular weight excluding hydrogens is 440 g/mol. The van der Waals surface area contributed by atoms with Crippen molar-refractivity contribution in [2.24, 2.45) is 0 Å². The van der Waals surface area contributed by atoms with Crippen LogP contribution in [0.3, 0.4) is 0 Å². The Hall–Kier alpha value is -2.53. The first-order valence-electron chi connectivity index (χ1n) is 12.6. The number of thioether (sulfide) groups is 1. The predicted octanol–water partition coefficient (Wildman–Crippen LogP) is 6.62. The van der Waals surface area contributed by atoms with Crippen molar-refractivity contribution in [1.82, 2.24) is 9.55 Å². The Bertz CT molecular complexity index is 1210. The highest BCUT2D eigenvalue weighted by molar-refractivity contribution is 7.99. The monoisotopic (exact) mass is 474 g/mol. The molecule has 4 nitrogen and oxygen atoms in total. The zero-order chi connectivity index (χ0) is 23.5. The summed E-state index contributed by atoms with van der Waals surface area (Å²) in [5.74, 6) is 1.80. The summed E-state index contributed by atoms with van der Waals surface area (Å²) in [4.78, 5) is 19.6. The molecule has 1 spiro atoms. The van der Waals surface area contributed by atoms with Crippen molar-refractivity contribution >= 4 is 11.8 Å². The van der Waals surface area contributed by atoms with Crippen molar-refractivity contribution in [2.45, 2.75) is 75.4 Å². The smallest absolute Gasteiger partial charge is 0.258 e.